The van der Waals surface area contributed by atoms with Gasteiger partial charge in [0.05, 0.1) is 32.8 Å². The van der Waals surface area contributed by atoms with Crippen molar-refractivity contribution >= 4 is 0 Å². The molecule has 0 aromatic carbocycles. The van der Waals surface area contributed by atoms with Gasteiger partial charge in [0.2, 0.25) is 0 Å². The molecule has 0 aliphatic carbocycles. The van der Waals surface area contributed by atoms with Crippen LogP contribution in [0.25, 0.3) is 0 Å². The van der Waals surface area contributed by atoms with Crippen LogP contribution >= 0.6 is 0 Å². The second-order valence-corrected chi connectivity index (χ2v) is 5.07. The Morgan fingerprint density at radius 3 is 2.69 bits per heavy atom. The molecule has 13 heavy (non-hydrogen) atoms. The lowest BCUT2D eigenvalue weighted by atomic mass is 9.82. The molecular weight excluding hydrogens is 162 g/mol. The number of rotatable bonds is 1. The molecule has 0 aromatic heterocycles. The molecule has 3 atom stereocenters. The van der Waals surface area contributed by atoms with Crippen LogP contribution < -0.4 is 0 Å². The maximum Gasteiger partial charge on any atom is 0.0939 e. The van der Waals surface area contributed by atoms with Crippen LogP contribution in [0.15, 0.2) is 0 Å². The van der Waals surface area contributed by atoms with Crippen LogP contribution in [0, 0.1) is 5.92 Å². The van der Waals surface area contributed by atoms with Gasteiger partial charge in [0.1, 0.15) is 0 Å². The molecule has 2 nitrogen and oxygen atoms in total. The first-order chi connectivity index (χ1) is 6.26. The van der Waals surface area contributed by atoms with Crippen LogP contribution in [-0.4, -0.2) is 42.4 Å². The fourth-order valence-corrected chi connectivity index (χ4v) is 3.45. The summed E-state index contributed by atoms with van der Waals surface area (Å²) < 4.78 is 1.26. The maximum atomic E-state index is 9.33. The minimum atomic E-state index is 0.415. The molecule has 0 aromatic rings. The summed E-state index contributed by atoms with van der Waals surface area (Å²) in [6.45, 7) is 3.11. The minimum absolute atomic E-state index is 0.415. The highest BCUT2D eigenvalue weighted by molar-refractivity contribution is 4.77. The van der Waals surface area contributed by atoms with Gasteiger partial charge in [-0.2, -0.15) is 0 Å². The molecule has 0 spiro atoms. The Kier molecular flexibility index (Phi) is 2.61. The molecule has 1 N–H and O–H groups in total. The molecule has 3 unspecified atom stereocenters. The van der Waals surface area contributed by atoms with E-state index in [9.17, 15) is 5.11 Å². The monoisotopic (exact) mass is 184 g/mol. The predicted octanol–water partition coefficient (Wildman–Crippen LogP) is 1.39. The normalized spacial score (nSPS) is 45.7. The molecule has 2 aliphatic heterocycles. The van der Waals surface area contributed by atoms with Crippen molar-refractivity contribution in [3.8, 4) is 0 Å². The van der Waals surface area contributed by atoms with Crippen molar-refractivity contribution in [2.75, 3.05) is 26.7 Å². The van der Waals surface area contributed by atoms with Gasteiger partial charge in [0, 0.05) is 12.3 Å². The Bertz CT molecular complexity index is 179. The van der Waals surface area contributed by atoms with E-state index in [-0.39, 0.29) is 0 Å². The molecule has 2 fully saturated rings. The lowest BCUT2D eigenvalue weighted by Crippen LogP contribution is -2.61. The number of piperidine rings is 2. The van der Waals surface area contributed by atoms with E-state index in [4.69, 9.17) is 0 Å². The van der Waals surface area contributed by atoms with Crippen LogP contribution in [0.3, 0.4) is 0 Å². The molecule has 0 amide bonds. The highest BCUT2D eigenvalue weighted by atomic mass is 16.3. The zero-order chi connectivity index (χ0) is 9.31. The Morgan fingerprint density at radius 1 is 1.15 bits per heavy atom. The number of aliphatic hydroxyl groups excluding tert-OH is 1. The highest BCUT2D eigenvalue weighted by Crippen LogP contribution is 2.35. The molecule has 0 saturated carbocycles. The third kappa shape index (κ3) is 1.62. The predicted molar refractivity (Wildman–Crippen MR) is 53.4 cm³/mol. The number of nitrogens with zero attached hydrogens (tertiary/aromatic N) is 1. The van der Waals surface area contributed by atoms with Gasteiger partial charge >= 0.3 is 0 Å². The molecule has 76 valence electrons. The van der Waals surface area contributed by atoms with E-state index in [1.54, 1.807) is 0 Å². The molecular formula is C11H22NO+. The average molecular weight is 184 g/mol. The first-order valence-corrected chi connectivity index (χ1v) is 5.71. The van der Waals surface area contributed by atoms with Gasteiger partial charge in [-0.1, -0.05) is 0 Å². The van der Waals surface area contributed by atoms with E-state index in [2.05, 4.69) is 7.05 Å². The lowest BCUT2D eigenvalue weighted by molar-refractivity contribution is -0.947. The van der Waals surface area contributed by atoms with Crippen molar-refractivity contribution in [3.05, 3.63) is 0 Å². The summed E-state index contributed by atoms with van der Waals surface area (Å²) in [5.41, 5.74) is 0. The van der Waals surface area contributed by atoms with Crippen molar-refractivity contribution in [3.63, 3.8) is 0 Å². The van der Waals surface area contributed by atoms with E-state index < -0.39 is 0 Å². The van der Waals surface area contributed by atoms with Crippen molar-refractivity contribution < 1.29 is 9.59 Å². The Balaban J connectivity index is 2.11. The molecule has 2 aliphatic rings. The topological polar surface area (TPSA) is 20.2 Å². The summed E-state index contributed by atoms with van der Waals surface area (Å²) in [5, 5.41) is 9.33. The van der Waals surface area contributed by atoms with E-state index >= 15 is 0 Å². The quantitative estimate of drug-likeness (QED) is 0.611. The van der Waals surface area contributed by atoms with E-state index in [1.165, 1.54) is 49.7 Å². The zero-order valence-electron chi connectivity index (χ0n) is 8.71. The van der Waals surface area contributed by atoms with E-state index in [1.807, 2.05) is 0 Å². The Labute approximate surface area is 81.1 Å². The Morgan fingerprint density at radius 2 is 1.92 bits per heavy atom. The lowest BCUT2D eigenvalue weighted by Gasteiger charge is -2.50. The van der Waals surface area contributed by atoms with Crippen molar-refractivity contribution in [2.24, 2.45) is 5.92 Å². The fraction of sp³-hybridized carbons (Fsp3) is 1.00. The van der Waals surface area contributed by atoms with Crippen LogP contribution in [0.4, 0.5) is 0 Å². The number of fused-ring (bicyclic) bond motifs is 1. The van der Waals surface area contributed by atoms with Crippen molar-refractivity contribution in [1.29, 1.82) is 0 Å². The van der Waals surface area contributed by atoms with Crippen LogP contribution in [0.2, 0.25) is 0 Å². The van der Waals surface area contributed by atoms with Crippen LogP contribution in [0.1, 0.15) is 32.1 Å². The van der Waals surface area contributed by atoms with Gasteiger partial charge in [-0.05, 0) is 25.7 Å². The number of aliphatic hydroxyl groups is 1. The van der Waals surface area contributed by atoms with Gasteiger partial charge < -0.3 is 9.59 Å². The summed E-state index contributed by atoms with van der Waals surface area (Å²) in [7, 11) is 2.39. The molecule has 0 radical (unpaired) electrons. The van der Waals surface area contributed by atoms with Crippen molar-refractivity contribution in [1.82, 2.24) is 0 Å². The molecule has 2 rings (SSSR count). The van der Waals surface area contributed by atoms with Gasteiger partial charge in [-0.3, -0.25) is 0 Å². The fourth-order valence-electron chi connectivity index (χ4n) is 3.45. The SMILES string of the molecule is C[N+]12CCCCC1C(CO)CCC2. The molecule has 2 saturated heterocycles. The number of hydrogen-bond donors (Lipinski definition) is 1. The molecule has 0 bridgehead atoms. The average Bonchev–Trinajstić information content (AvgIpc) is 2.15. The second kappa shape index (κ2) is 3.58. The van der Waals surface area contributed by atoms with Crippen molar-refractivity contribution in [2.45, 2.75) is 38.1 Å². The van der Waals surface area contributed by atoms with Crippen LogP contribution in [0.5, 0.6) is 0 Å². The second-order valence-electron chi connectivity index (χ2n) is 5.07. The highest BCUT2D eigenvalue weighted by Gasteiger charge is 2.42. The van der Waals surface area contributed by atoms with Crippen LogP contribution in [-0.2, 0) is 0 Å². The van der Waals surface area contributed by atoms with Gasteiger partial charge in [0.25, 0.3) is 0 Å². The number of hydrogen-bond acceptors (Lipinski definition) is 1. The third-order valence-corrected chi connectivity index (χ3v) is 4.24. The molecule has 2 heteroatoms. The summed E-state index contributed by atoms with van der Waals surface area (Å²) >= 11 is 0. The maximum absolute atomic E-state index is 9.33. The van der Waals surface area contributed by atoms with Gasteiger partial charge in [-0.25, -0.2) is 0 Å². The summed E-state index contributed by atoms with van der Waals surface area (Å²) in [4.78, 5) is 0. The standard InChI is InChI=1S/C11H22NO/c1-12-7-3-2-6-11(12)10(9-13)5-4-8-12/h10-11,13H,2-9H2,1H3/q+1. The molecule has 2 heterocycles. The zero-order valence-corrected chi connectivity index (χ0v) is 8.71. The minimum Gasteiger partial charge on any atom is -0.396 e. The summed E-state index contributed by atoms with van der Waals surface area (Å²) in [6.07, 6.45) is 6.70. The van der Waals surface area contributed by atoms with Gasteiger partial charge in [0.15, 0.2) is 0 Å². The summed E-state index contributed by atoms with van der Waals surface area (Å²) in [5.74, 6) is 0.596. The first kappa shape index (κ1) is 9.47. The largest absolute Gasteiger partial charge is 0.396 e. The van der Waals surface area contributed by atoms with Gasteiger partial charge in [-0.15, -0.1) is 0 Å². The first-order valence-electron chi connectivity index (χ1n) is 5.71. The van der Waals surface area contributed by atoms with E-state index in [0.717, 1.165) is 6.04 Å². The third-order valence-electron chi connectivity index (χ3n) is 4.24. The summed E-state index contributed by atoms with van der Waals surface area (Å²) in [6, 6.07) is 0.771. The number of quaternary nitrogens is 1. The van der Waals surface area contributed by atoms with E-state index in [0.29, 0.717) is 12.5 Å². The smallest absolute Gasteiger partial charge is 0.0939 e. The Hall–Kier alpha value is -0.0800.